The fraction of sp³-hybridized carbons (Fsp3) is 0.385. The molecule has 6 nitrogen and oxygen atoms in total. The summed E-state index contributed by atoms with van der Waals surface area (Å²) >= 11 is 0. The van der Waals surface area contributed by atoms with Gasteiger partial charge in [0.05, 0.1) is 26.2 Å². The van der Waals surface area contributed by atoms with Gasteiger partial charge < -0.3 is 19.9 Å². The first-order valence-corrected chi connectivity index (χ1v) is 5.96. The minimum atomic E-state index is -0.945. The van der Waals surface area contributed by atoms with E-state index in [0.29, 0.717) is 24.5 Å². The number of rotatable bonds is 4. The number of hydrogen-bond acceptors (Lipinski definition) is 4. The highest BCUT2D eigenvalue weighted by Gasteiger charge is 2.23. The van der Waals surface area contributed by atoms with Crippen LogP contribution in [0.1, 0.15) is 5.56 Å². The van der Waals surface area contributed by atoms with Crippen LogP contribution in [0.15, 0.2) is 24.3 Å². The molecule has 0 aliphatic carbocycles. The highest BCUT2D eigenvalue weighted by atomic mass is 16.6. The van der Waals surface area contributed by atoms with E-state index < -0.39 is 12.1 Å². The highest BCUT2D eigenvalue weighted by molar-refractivity contribution is 5.95. The van der Waals surface area contributed by atoms with Crippen molar-refractivity contribution in [2.45, 2.75) is 12.5 Å². The van der Waals surface area contributed by atoms with E-state index >= 15 is 0 Å². The first-order chi connectivity index (χ1) is 9.16. The van der Waals surface area contributed by atoms with Gasteiger partial charge in [-0.1, -0.05) is 18.2 Å². The van der Waals surface area contributed by atoms with E-state index in [-0.39, 0.29) is 18.9 Å². The van der Waals surface area contributed by atoms with Gasteiger partial charge in [0.2, 0.25) is 0 Å². The minimum absolute atomic E-state index is 0.140. The van der Waals surface area contributed by atoms with E-state index in [0.717, 1.165) is 0 Å². The van der Waals surface area contributed by atoms with Gasteiger partial charge in [0.15, 0.2) is 6.10 Å². The van der Waals surface area contributed by atoms with Crippen molar-refractivity contribution < 1.29 is 24.2 Å². The number of carboxylic acids is 1. The van der Waals surface area contributed by atoms with Gasteiger partial charge in [-0.05, 0) is 11.6 Å². The first kappa shape index (κ1) is 13.5. The fourth-order valence-electron chi connectivity index (χ4n) is 1.81. The van der Waals surface area contributed by atoms with Crippen LogP contribution in [0.4, 0.5) is 5.69 Å². The predicted octanol–water partition coefficient (Wildman–Crippen LogP) is 0.668. The number of nitrogens with one attached hydrogen (secondary N) is 1. The topological polar surface area (TPSA) is 84.9 Å². The van der Waals surface area contributed by atoms with Crippen LogP contribution in [-0.2, 0) is 25.5 Å². The molecule has 1 aliphatic rings. The van der Waals surface area contributed by atoms with Crippen LogP contribution in [0.2, 0.25) is 0 Å². The smallest absolute Gasteiger partial charge is 0.307 e. The third kappa shape index (κ3) is 3.77. The average molecular weight is 265 g/mol. The number of ether oxygens (including phenoxy) is 2. The van der Waals surface area contributed by atoms with Crippen LogP contribution < -0.4 is 5.32 Å². The zero-order valence-corrected chi connectivity index (χ0v) is 10.3. The lowest BCUT2D eigenvalue weighted by Crippen LogP contribution is -2.39. The number of amides is 1. The molecule has 102 valence electrons. The number of carbonyl (C=O) groups is 2. The maximum absolute atomic E-state index is 11.9. The number of para-hydroxylation sites is 1. The molecule has 0 bridgehead atoms. The van der Waals surface area contributed by atoms with Crippen LogP contribution in [0.3, 0.4) is 0 Å². The van der Waals surface area contributed by atoms with Gasteiger partial charge in [0.1, 0.15) is 0 Å². The van der Waals surface area contributed by atoms with Gasteiger partial charge in [-0.2, -0.15) is 0 Å². The molecule has 1 aliphatic heterocycles. The Kier molecular flexibility index (Phi) is 4.48. The molecular weight excluding hydrogens is 250 g/mol. The van der Waals surface area contributed by atoms with Crippen molar-refractivity contribution >= 4 is 17.6 Å². The lowest BCUT2D eigenvalue weighted by atomic mass is 10.1. The number of aliphatic carboxylic acids is 1. The Balaban J connectivity index is 2.05. The quantitative estimate of drug-likeness (QED) is 0.835. The molecular formula is C13H15NO5. The fourth-order valence-corrected chi connectivity index (χ4v) is 1.81. The molecule has 1 saturated heterocycles. The summed E-state index contributed by atoms with van der Waals surface area (Å²) in [7, 11) is 0. The van der Waals surface area contributed by atoms with Gasteiger partial charge in [-0.3, -0.25) is 9.59 Å². The number of anilines is 1. The molecule has 0 radical (unpaired) electrons. The second-order valence-corrected chi connectivity index (χ2v) is 4.15. The molecule has 1 atom stereocenters. The molecule has 0 aromatic heterocycles. The standard InChI is InChI=1S/C13H15NO5/c15-12(16)7-9-3-1-2-4-10(9)14-13(17)11-8-18-5-6-19-11/h1-4,11H,5-8H2,(H,14,17)(H,15,16)/t11-/m1/s1. The van der Waals surface area contributed by atoms with Gasteiger partial charge in [-0.15, -0.1) is 0 Å². The zero-order chi connectivity index (χ0) is 13.7. The van der Waals surface area contributed by atoms with Crippen molar-refractivity contribution in [2.75, 3.05) is 25.1 Å². The normalized spacial score (nSPS) is 18.8. The number of hydrogen-bond donors (Lipinski definition) is 2. The maximum Gasteiger partial charge on any atom is 0.307 e. The third-order valence-corrected chi connectivity index (χ3v) is 2.73. The first-order valence-electron chi connectivity index (χ1n) is 5.96. The molecule has 19 heavy (non-hydrogen) atoms. The second-order valence-electron chi connectivity index (χ2n) is 4.15. The van der Waals surface area contributed by atoms with Crippen LogP contribution in [0, 0.1) is 0 Å². The van der Waals surface area contributed by atoms with Gasteiger partial charge in [0, 0.05) is 5.69 Å². The molecule has 2 N–H and O–H groups in total. The van der Waals surface area contributed by atoms with E-state index in [9.17, 15) is 9.59 Å². The van der Waals surface area contributed by atoms with Crippen molar-refractivity contribution in [3.63, 3.8) is 0 Å². The molecule has 6 heteroatoms. The van der Waals surface area contributed by atoms with Crippen LogP contribution in [0.25, 0.3) is 0 Å². The van der Waals surface area contributed by atoms with Crippen LogP contribution in [-0.4, -0.2) is 42.9 Å². The molecule has 1 fully saturated rings. The maximum atomic E-state index is 11.9. The largest absolute Gasteiger partial charge is 0.481 e. The van der Waals surface area contributed by atoms with Gasteiger partial charge >= 0.3 is 5.97 Å². The Morgan fingerprint density at radius 2 is 2.11 bits per heavy atom. The summed E-state index contributed by atoms with van der Waals surface area (Å²) in [5, 5.41) is 11.5. The molecule has 1 aromatic carbocycles. The Hall–Kier alpha value is -1.92. The number of carbonyl (C=O) groups excluding carboxylic acids is 1. The Bertz CT molecular complexity index is 468. The Morgan fingerprint density at radius 3 is 2.79 bits per heavy atom. The average Bonchev–Trinajstić information content (AvgIpc) is 2.41. The molecule has 0 unspecified atom stereocenters. The van der Waals surface area contributed by atoms with E-state index in [2.05, 4.69) is 5.32 Å². The Morgan fingerprint density at radius 1 is 1.32 bits per heavy atom. The van der Waals surface area contributed by atoms with Crippen molar-refractivity contribution in [1.82, 2.24) is 0 Å². The molecule has 1 aromatic rings. The molecule has 2 rings (SSSR count). The van der Waals surface area contributed by atoms with E-state index in [1.54, 1.807) is 24.3 Å². The van der Waals surface area contributed by atoms with Crippen molar-refractivity contribution in [3.05, 3.63) is 29.8 Å². The molecule has 0 spiro atoms. The van der Waals surface area contributed by atoms with E-state index in [1.807, 2.05) is 0 Å². The minimum Gasteiger partial charge on any atom is -0.481 e. The Labute approximate surface area is 110 Å². The third-order valence-electron chi connectivity index (χ3n) is 2.73. The highest BCUT2D eigenvalue weighted by Crippen LogP contribution is 2.16. The van der Waals surface area contributed by atoms with Gasteiger partial charge in [-0.25, -0.2) is 0 Å². The molecule has 0 saturated carbocycles. The summed E-state index contributed by atoms with van der Waals surface area (Å²) in [6, 6.07) is 6.80. The monoisotopic (exact) mass is 265 g/mol. The predicted molar refractivity (Wildman–Crippen MR) is 67.0 cm³/mol. The number of carboxylic acid groups (broad SMARTS) is 1. The number of benzene rings is 1. The lowest BCUT2D eigenvalue weighted by Gasteiger charge is -2.22. The zero-order valence-electron chi connectivity index (χ0n) is 10.3. The second kappa shape index (κ2) is 6.31. The summed E-state index contributed by atoms with van der Waals surface area (Å²) in [5.41, 5.74) is 1.05. The molecule has 1 heterocycles. The van der Waals surface area contributed by atoms with Crippen LogP contribution >= 0.6 is 0 Å². The molecule has 1 amide bonds. The van der Waals surface area contributed by atoms with E-state index in [1.165, 1.54) is 0 Å². The van der Waals surface area contributed by atoms with E-state index in [4.69, 9.17) is 14.6 Å². The van der Waals surface area contributed by atoms with Crippen LogP contribution in [0.5, 0.6) is 0 Å². The summed E-state index contributed by atoms with van der Waals surface area (Å²) in [4.78, 5) is 22.7. The summed E-state index contributed by atoms with van der Waals surface area (Å²) in [5.74, 6) is -1.27. The SMILES string of the molecule is O=C(O)Cc1ccccc1NC(=O)[C@H]1COCCO1. The lowest BCUT2D eigenvalue weighted by molar-refractivity contribution is -0.142. The van der Waals surface area contributed by atoms with Crippen molar-refractivity contribution in [3.8, 4) is 0 Å². The van der Waals surface area contributed by atoms with Gasteiger partial charge in [0.25, 0.3) is 5.91 Å². The summed E-state index contributed by atoms with van der Waals surface area (Å²) in [6.07, 6.45) is -0.787. The summed E-state index contributed by atoms with van der Waals surface area (Å²) < 4.78 is 10.4. The summed E-state index contributed by atoms with van der Waals surface area (Å²) in [6.45, 7) is 1.08. The van der Waals surface area contributed by atoms with Crippen molar-refractivity contribution in [2.24, 2.45) is 0 Å². The van der Waals surface area contributed by atoms with Crippen molar-refractivity contribution in [1.29, 1.82) is 0 Å².